The van der Waals surface area contributed by atoms with Gasteiger partial charge < -0.3 is 5.11 Å². The smallest absolute Gasteiger partial charge is 0.321 e. The summed E-state index contributed by atoms with van der Waals surface area (Å²) in [5.41, 5.74) is -1.31. The Morgan fingerprint density at radius 2 is 2.21 bits per heavy atom. The molecule has 1 aromatic rings. The maximum Gasteiger partial charge on any atom is 0.321 e. The van der Waals surface area contributed by atoms with Gasteiger partial charge in [0, 0.05) is 11.3 Å². The zero-order chi connectivity index (χ0) is 10.6. The van der Waals surface area contributed by atoms with Crippen molar-refractivity contribution in [1.82, 2.24) is 0 Å². The monoisotopic (exact) mass is 218 g/mol. The van der Waals surface area contributed by atoms with E-state index in [1.165, 1.54) is 0 Å². The lowest BCUT2D eigenvalue weighted by molar-refractivity contribution is -0.142. The minimum Gasteiger partial charge on any atom is -0.480 e. The van der Waals surface area contributed by atoms with Gasteiger partial charge in [-0.2, -0.15) is 0 Å². The zero-order valence-corrected chi connectivity index (χ0v) is 8.20. The van der Waals surface area contributed by atoms with Crippen LogP contribution in [0.5, 0.6) is 0 Å². The van der Waals surface area contributed by atoms with Gasteiger partial charge in [0.1, 0.15) is 0 Å². The maximum absolute atomic E-state index is 13.1. The first-order valence-corrected chi connectivity index (χ1v) is 4.95. The molecule has 5 heteroatoms. The van der Waals surface area contributed by atoms with Gasteiger partial charge in [-0.25, -0.2) is 8.78 Å². The van der Waals surface area contributed by atoms with Crippen molar-refractivity contribution in [1.29, 1.82) is 0 Å². The quantitative estimate of drug-likeness (QED) is 0.827. The van der Waals surface area contributed by atoms with E-state index < -0.39 is 23.7 Å². The van der Waals surface area contributed by atoms with E-state index in [9.17, 15) is 13.6 Å². The Morgan fingerprint density at radius 3 is 2.50 bits per heavy atom. The van der Waals surface area contributed by atoms with Crippen molar-refractivity contribution in [3.8, 4) is 0 Å². The van der Waals surface area contributed by atoms with Crippen molar-refractivity contribution in [2.45, 2.75) is 24.7 Å². The van der Waals surface area contributed by atoms with E-state index in [4.69, 9.17) is 5.11 Å². The molecule has 1 saturated carbocycles. The standard InChI is InChI=1S/C9H8F2O2S/c1-5-2-3-14-6(5)8(7(12)13)4-9(8,10)11/h2-3H,4H2,1H3,(H,12,13). The first-order valence-electron chi connectivity index (χ1n) is 4.07. The second-order valence-corrected chi connectivity index (χ2v) is 4.44. The maximum atomic E-state index is 13.1. The van der Waals surface area contributed by atoms with Gasteiger partial charge in [-0.05, 0) is 23.9 Å². The highest BCUT2D eigenvalue weighted by molar-refractivity contribution is 7.10. The van der Waals surface area contributed by atoms with Crippen LogP contribution in [0.4, 0.5) is 8.78 Å². The van der Waals surface area contributed by atoms with E-state index in [0.717, 1.165) is 11.3 Å². The van der Waals surface area contributed by atoms with Gasteiger partial charge in [-0.1, -0.05) is 0 Å². The van der Waals surface area contributed by atoms with E-state index in [0.29, 0.717) is 5.56 Å². The summed E-state index contributed by atoms with van der Waals surface area (Å²) in [4.78, 5) is 11.2. The second-order valence-electron chi connectivity index (χ2n) is 3.52. The topological polar surface area (TPSA) is 37.3 Å². The van der Waals surface area contributed by atoms with E-state index >= 15 is 0 Å². The normalized spacial score (nSPS) is 28.8. The number of halogens is 2. The number of carboxylic acids is 1. The lowest BCUT2D eigenvalue weighted by atomic mass is 10.0. The number of hydrogen-bond acceptors (Lipinski definition) is 2. The van der Waals surface area contributed by atoms with E-state index in [2.05, 4.69) is 0 Å². The summed E-state index contributed by atoms with van der Waals surface area (Å²) in [6.07, 6.45) is -0.573. The van der Waals surface area contributed by atoms with Gasteiger partial charge in [-0.3, -0.25) is 4.79 Å². The van der Waals surface area contributed by atoms with Crippen LogP contribution in [0, 0.1) is 6.92 Å². The number of thiophene rings is 1. The molecular formula is C9H8F2O2S. The molecule has 0 aliphatic heterocycles. The fourth-order valence-electron chi connectivity index (χ4n) is 1.67. The molecule has 76 valence electrons. The van der Waals surface area contributed by atoms with Crippen molar-refractivity contribution < 1.29 is 18.7 Å². The highest BCUT2D eigenvalue weighted by Gasteiger charge is 2.78. The number of rotatable bonds is 2. The molecule has 1 heterocycles. The molecule has 1 atom stereocenters. The van der Waals surface area contributed by atoms with Crippen molar-refractivity contribution in [3.05, 3.63) is 21.9 Å². The van der Waals surface area contributed by atoms with Crippen molar-refractivity contribution in [2.75, 3.05) is 0 Å². The number of hydrogen-bond donors (Lipinski definition) is 1. The zero-order valence-electron chi connectivity index (χ0n) is 7.38. The fourth-order valence-corrected chi connectivity index (χ4v) is 2.85. The highest BCUT2D eigenvalue weighted by atomic mass is 32.1. The third-order valence-electron chi connectivity index (χ3n) is 2.60. The summed E-state index contributed by atoms with van der Waals surface area (Å²) < 4.78 is 26.1. The molecule has 1 fully saturated rings. The SMILES string of the molecule is Cc1ccsc1C1(C(=O)O)CC1(F)F. The molecule has 0 radical (unpaired) electrons. The summed E-state index contributed by atoms with van der Waals surface area (Å²) in [5, 5.41) is 10.5. The van der Waals surface area contributed by atoms with Crippen LogP contribution in [-0.4, -0.2) is 17.0 Å². The van der Waals surface area contributed by atoms with Crippen LogP contribution in [0.3, 0.4) is 0 Å². The Kier molecular flexibility index (Phi) is 1.73. The third-order valence-corrected chi connectivity index (χ3v) is 3.78. The van der Waals surface area contributed by atoms with E-state index in [1.807, 2.05) is 0 Å². The molecule has 0 spiro atoms. The predicted octanol–water partition coefficient (Wildman–Crippen LogP) is 2.42. The molecule has 1 unspecified atom stereocenters. The number of carboxylic acid groups (broad SMARTS) is 1. The largest absolute Gasteiger partial charge is 0.480 e. The second kappa shape index (κ2) is 2.53. The molecule has 1 aliphatic rings. The highest BCUT2D eigenvalue weighted by Crippen LogP contribution is 2.63. The summed E-state index contributed by atoms with van der Waals surface area (Å²) in [6, 6.07) is 1.67. The van der Waals surface area contributed by atoms with Gasteiger partial charge >= 0.3 is 5.97 Å². The van der Waals surface area contributed by atoms with Gasteiger partial charge in [0.25, 0.3) is 5.92 Å². The Balaban J connectivity index is 2.52. The molecule has 1 aromatic heterocycles. The van der Waals surface area contributed by atoms with Crippen molar-refractivity contribution in [2.24, 2.45) is 0 Å². The van der Waals surface area contributed by atoms with Crippen LogP contribution in [0.2, 0.25) is 0 Å². The predicted molar refractivity (Wildman–Crippen MR) is 47.9 cm³/mol. The van der Waals surface area contributed by atoms with Crippen LogP contribution >= 0.6 is 11.3 Å². The van der Waals surface area contributed by atoms with Crippen LogP contribution in [0.25, 0.3) is 0 Å². The van der Waals surface area contributed by atoms with Crippen LogP contribution in [-0.2, 0) is 10.2 Å². The number of alkyl halides is 2. The Bertz CT molecular complexity index is 399. The van der Waals surface area contributed by atoms with Crippen molar-refractivity contribution >= 4 is 17.3 Å². The number of carbonyl (C=O) groups is 1. The minimum absolute atomic E-state index is 0.287. The first kappa shape index (κ1) is 9.58. The van der Waals surface area contributed by atoms with Crippen LogP contribution in [0.1, 0.15) is 16.9 Å². The van der Waals surface area contributed by atoms with E-state index in [1.54, 1.807) is 18.4 Å². The van der Waals surface area contributed by atoms with Gasteiger partial charge in [0.05, 0.1) is 0 Å². The molecule has 1 aliphatic carbocycles. The number of aliphatic carboxylic acids is 1. The Morgan fingerprint density at radius 1 is 1.64 bits per heavy atom. The summed E-state index contributed by atoms with van der Waals surface area (Å²) >= 11 is 1.09. The average Bonchev–Trinajstić information content (AvgIpc) is 2.44. The number of aryl methyl sites for hydroxylation is 1. The van der Waals surface area contributed by atoms with Crippen molar-refractivity contribution in [3.63, 3.8) is 0 Å². The molecule has 0 amide bonds. The molecule has 14 heavy (non-hydrogen) atoms. The lowest BCUT2D eigenvalue weighted by Crippen LogP contribution is -2.26. The molecule has 0 saturated heterocycles. The summed E-state index contributed by atoms with van der Waals surface area (Å²) in [6.45, 7) is 1.66. The Labute approximate surface area is 83.2 Å². The minimum atomic E-state index is -3.09. The molecule has 0 bridgehead atoms. The van der Waals surface area contributed by atoms with Gasteiger partial charge in [-0.15, -0.1) is 11.3 Å². The third kappa shape index (κ3) is 0.958. The molecule has 1 N–H and O–H groups in total. The molecule has 2 nitrogen and oxygen atoms in total. The van der Waals surface area contributed by atoms with Crippen LogP contribution in [0.15, 0.2) is 11.4 Å². The van der Waals surface area contributed by atoms with Gasteiger partial charge in [0.2, 0.25) is 0 Å². The van der Waals surface area contributed by atoms with Gasteiger partial charge in [0.15, 0.2) is 5.41 Å². The Hall–Kier alpha value is -0.970. The molecule has 0 aromatic carbocycles. The van der Waals surface area contributed by atoms with E-state index in [-0.39, 0.29) is 4.88 Å². The molecular weight excluding hydrogens is 210 g/mol. The average molecular weight is 218 g/mol. The van der Waals surface area contributed by atoms with Crippen LogP contribution < -0.4 is 0 Å². The first-order chi connectivity index (χ1) is 6.42. The molecule has 2 rings (SSSR count). The summed E-state index contributed by atoms with van der Waals surface area (Å²) in [7, 11) is 0. The lowest BCUT2D eigenvalue weighted by Gasteiger charge is -2.09. The summed E-state index contributed by atoms with van der Waals surface area (Å²) in [5.74, 6) is -4.51. The fraction of sp³-hybridized carbons (Fsp3) is 0.444.